The van der Waals surface area contributed by atoms with E-state index < -0.39 is 0 Å². The molecule has 0 fully saturated rings. The van der Waals surface area contributed by atoms with Gasteiger partial charge in [-0.2, -0.15) is 0 Å². The summed E-state index contributed by atoms with van der Waals surface area (Å²) in [6, 6.07) is 21.8. The highest BCUT2D eigenvalue weighted by molar-refractivity contribution is 6.10. The first-order valence-corrected chi connectivity index (χ1v) is 9.51. The summed E-state index contributed by atoms with van der Waals surface area (Å²) in [5.41, 5.74) is 6.91. The fourth-order valence-corrected chi connectivity index (χ4v) is 4.52. The van der Waals surface area contributed by atoms with E-state index in [2.05, 4.69) is 84.4 Å². The van der Waals surface area contributed by atoms with Gasteiger partial charge in [0.05, 0.1) is 0 Å². The molecule has 0 spiro atoms. The number of benzene rings is 3. The molecule has 0 aliphatic heterocycles. The molecule has 0 radical (unpaired) electrons. The topological polar surface area (TPSA) is 18.1 Å². The van der Waals surface area contributed by atoms with Gasteiger partial charge in [0.25, 0.3) is 0 Å². The molecule has 0 N–H and O–H groups in total. The van der Waals surface area contributed by atoms with E-state index in [1.807, 2.05) is 0 Å². The Hall–Kier alpha value is -3.26. The normalized spacial score (nSPS) is 13.7. The van der Waals surface area contributed by atoms with Gasteiger partial charge in [0.2, 0.25) is 0 Å². The zero-order valence-electron chi connectivity index (χ0n) is 15.2. The monoisotopic (exact) mass is 349 g/mol. The molecular formula is C25H19NO. The predicted octanol–water partition coefficient (Wildman–Crippen LogP) is 5.10. The minimum Gasteiger partial charge on any atom is -0.456 e. The fourth-order valence-electron chi connectivity index (χ4n) is 4.52. The first-order valence-electron chi connectivity index (χ1n) is 9.51. The number of para-hydroxylation sites is 2. The van der Waals surface area contributed by atoms with E-state index in [1.54, 1.807) is 0 Å². The van der Waals surface area contributed by atoms with Crippen LogP contribution in [-0.2, 0) is 7.05 Å². The van der Waals surface area contributed by atoms with Gasteiger partial charge in [0.1, 0.15) is 11.0 Å². The number of furan rings is 1. The van der Waals surface area contributed by atoms with E-state index >= 15 is 0 Å². The highest BCUT2D eigenvalue weighted by Crippen LogP contribution is 2.34. The van der Waals surface area contributed by atoms with Crippen molar-refractivity contribution in [2.75, 3.05) is 0 Å². The molecule has 1 aliphatic carbocycles. The summed E-state index contributed by atoms with van der Waals surface area (Å²) in [4.78, 5) is 0. The van der Waals surface area contributed by atoms with Crippen molar-refractivity contribution in [3.8, 4) is 11.1 Å². The average molecular weight is 349 g/mol. The molecule has 0 saturated carbocycles. The molecule has 2 heteroatoms. The molecule has 1 aliphatic rings. The molecule has 27 heavy (non-hydrogen) atoms. The van der Waals surface area contributed by atoms with Gasteiger partial charge in [0.15, 0.2) is 0 Å². The first-order chi connectivity index (χ1) is 13.3. The van der Waals surface area contributed by atoms with Gasteiger partial charge >= 0.3 is 0 Å². The van der Waals surface area contributed by atoms with Crippen LogP contribution in [0.5, 0.6) is 0 Å². The van der Waals surface area contributed by atoms with Crippen LogP contribution in [-0.4, -0.2) is 4.57 Å². The second kappa shape index (κ2) is 5.37. The van der Waals surface area contributed by atoms with E-state index in [0.29, 0.717) is 0 Å². The number of fused-ring (bicyclic) bond motifs is 6. The number of aryl methyl sites for hydroxylation is 1. The van der Waals surface area contributed by atoms with Crippen molar-refractivity contribution in [1.29, 1.82) is 0 Å². The fraction of sp³-hybridized carbons (Fsp3) is 0.120. The number of aromatic nitrogens is 1. The van der Waals surface area contributed by atoms with Crippen LogP contribution in [0.4, 0.5) is 0 Å². The summed E-state index contributed by atoms with van der Waals surface area (Å²) in [5.74, 6) is 0. The molecular weight excluding hydrogens is 330 g/mol. The largest absolute Gasteiger partial charge is 0.456 e. The lowest BCUT2D eigenvalue weighted by Gasteiger charge is -2.04. The Balaban J connectivity index is 1.69. The van der Waals surface area contributed by atoms with Crippen molar-refractivity contribution in [3.05, 3.63) is 71.3 Å². The molecule has 0 bridgehead atoms. The summed E-state index contributed by atoms with van der Waals surface area (Å²) in [7, 11) is 2.14. The van der Waals surface area contributed by atoms with E-state index in [1.165, 1.54) is 43.5 Å². The summed E-state index contributed by atoms with van der Waals surface area (Å²) in [5, 5.41) is 5.06. The van der Waals surface area contributed by atoms with Crippen LogP contribution in [0.3, 0.4) is 0 Å². The predicted molar refractivity (Wildman–Crippen MR) is 113 cm³/mol. The van der Waals surface area contributed by atoms with Crippen LogP contribution < -0.4 is 10.6 Å². The first kappa shape index (κ1) is 14.9. The third-order valence-corrected chi connectivity index (χ3v) is 5.85. The molecule has 0 saturated heterocycles. The quantitative estimate of drug-likeness (QED) is 0.412. The van der Waals surface area contributed by atoms with Gasteiger partial charge in [-0.3, -0.25) is 0 Å². The number of hydrogen-bond acceptors (Lipinski definition) is 1. The lowest BCUT2D eigenvalue weighted by Crippen LogP contribution is -2.21. The second-order valence-electron chi connectivity index (χ2n) is 7.36. The second-order valence-corrected chi connectivity index (χ2v) is 7.36. The van der Waals surface area contributed by atoms with Crippen molar-refractivity contribution < 1.29 is 4.42 Å². The molecule has 2 aromatic heterocycles. The Morgan fingerprint density at radius 3 is 2.56 bits per heavy atom. The third-order valence-electron chi connectivity index (χ3n) is 5.85. The molecule has 0 amide bonds. The molecule has 5 aromatic rings. The lowest BCUT2D eigenvalue weighted by atomic mass is 10.0. The van der Waals surface area contributed by atoms with Gasteiger partial charge in [0, 0.05) is 45.0 Å². The third kappa shape index (κ3) is 2.01. The molecule has 130 valence electrons. The highest BCUT2D eigenvalue weighted by Gasteiger charge is 2.13. The van der Waals surface area contributed by atoms with Crippen LogP contribution in [0.15, 0.2) is 65.1 Å². The van der Waals surface area contributed by atoms with Crippen LogP contribution in [0.1, 0.15) is 12.8 Å². The SMILES string of the molecule is Cn1c2ccccc2c2cc(-c3cccc4c5c(oc34)=CCCC=5)ccc21. The van der Waals surface area contributed by atoms with Crippen LogP contribution in [0.25, 0.3) is 56.1 Å². The highest BCUT2D eigenvalue weighted by atomic mass is 16.3. The van der Waals surface area contributed by atoms with E-state index in [9.17, 15) is 0 Å². The standard InChI is InChI=1S/C25H19NO/c1-26-22-11-4-2-7-18(22)21-15-16(13-14-23(21)26)17-9-6-10-20-19-8-3-5-12-24(19)27-25(17)20/h2,4,6-15H,3,5H2,1H3. The van der Waals surface area contributed by atoms with Crippen molar-refractivity contribution in [1.82, 2.24) is 4.57 Å². The van der Waals surface area contributed by atoms with Crippen molar-refractivity contribution in [2.45, 2.75) is 12.8 Å². The van der Waals surface area contributed by atoms with Gasteiger partial charge in [-0.15, -0.1) is 0 Å². The molecule has 0 atom stereocenters. The maximum atomic E-state index is 6.29. The molecule has 6 rings (SSSR count). The summed E-state index contributed by atoms with van der Waals surface area (Å²) >= 11 is 0. The minimum absolute atomic E-state index is 0.997. The molecule has 0 unspecified atom stereocenters. The molecule has 3 aromatic carbocycles. The van der Waals surface area contributed by atoms with E-state index in [4.69, 9.17) is 4.42 Å². The Morgan fingerprint density at radius 2 is 1.59 bits per heavy atom. The lowest BCUT2D eigenvalue weighted by molar-refractivity contribution is 0.572. The van der Waals surface area contributed by atoms with E-state index in [0.717, 1.165) is 23.8 Å². The van der Waals surface area contributed by atoms with Crippen molar-refractivity contribution in [3.63, 3.8) is 0 Å². The Morgan fingerprint density at radius 1 is 0.778 bits per heavy atom. The van der Waals surface area contributed by atoms with Gasteiger partial charge in [-0.1, -0.05) is 48.5 Å². The Bertz CT molecular complexity index is 1480. The molecule has 2 heterocycles. The number of hydrogen-bond donors (Lipinski definition) is 0. The van der Waals surface area contributed by atoms with Crippen LogP contribution in [0, 0.1) is 0 Å². The van der Waals surface area contributed by atoms with Crippen LogP contribution in [0.2, 0.25) is 0 Å². The Labute approximate surface area is 156 Å². The van der Waals surface area contributed by atoms with Gasteiger partial charge < -0.3 is 8.98 Å². The Kier molecular flexibility index (Phi) is 2.96. The number of nitrogens with zero attached hydrogens (tertiary/aromatic N) is 1. The summed E-state index contributed by atoms with van der Waals surface area (Å²) < 4.78 is 8.56. The number of rotatable bonds is 1. The van der Waals surface area contributed by atoms with Gasteiger partial charge in [-0.25, -0.2) is 0 Å². The zero-order chi connectivity index (χ0) is 18.0. The molecule has 2 nitrogen and oxygen atoms in total. The summed E-state index contributed by atoms with van der Waals surface area (Å²) in [6.45, 7) is 0. The van der Waals surface area contributed by atoms with Crippen molar-refractivity contribution >= 4 is 44.9 Å². The minimum atomic E-state index is 0.997. The smallest absolute Gasteiger partial charge is 0.143 e. The zero-order valence-corrected chi connectivity index (χ0v) is 15.2. The summed E-state index contributed by atoms with van der Waals surface area (Å²) in [6.07, 6.45) is 6.67. The van der Waals surface area contributed by atoms with Gasteiger partial charge in [-0.05, 0) is 42.7 Å². The maximum Gasteiger partial charge on any atom is 0.143 e. The average Bonchev–Trinajstić information content (AvgIpc) is 3.24. The van der Waals surface area contributed by atoms with Crippen molar-refractivity contribution in [2.24, 2.45) is 7.05 Å². The van der Waals surface area contributed by atoms with E-state index in [-0.39, 0.29) is 0 Å². The maximum absolute atomic E-state index is 6.29. The van der Waals surface area contributed by atoms with Crippen LogP contribution >= 0.6 is 0 Å².